The molecule has 2 aromatic rings. The summed E-state index contributed by atoms with van der Waals surface area (Å²) >= 11 is 0. The number of nitrogens with one attached hydrogen (secondary N) is 1. The van der Waals surface area contributed by atoms with Crippen molar-refractivity contribution in [3.05, 3.63) is 48.4 Å². The van der Waals surface area contributed by atoms with E-state index >= 15 is 0 Å². The van der Waals surface area contributed by atoms with E-state index in [-0.39, 0.29) is 12.3 Å². The van der Waals surface area contributed by atoms with E-state index in [1.54, 1.807) is 6.07 Å². The molecule has 0 saturated carbocycles. The monoisotopic (exact) mass is 291 g/mol. The predicted molar refractivity (Wildman–Crippen MR) is 78.4 cm³/mol. The molecule has 0 radical (unpaired) electrons. The molecule has 6 heteroatoms. The van der Waals surface area contributed by atoms with Crippen LogP contribution < -0.4 is 4.72 Å². The Hall–Kier alpha value is -1.79. The van der Waals surface area contributed by atoms with Crippen molar-refractivity contribution in [1.29, 1.82) is 0 Å². The summed E-state index contributed by atoms with van der Waals surface area (Å²) in [7, 11) is -3.22. The van der Waals surface area contributed by atoms with Crippen molar-refractivity contribution in [1.82, 2.24) is 14.7 Å². The molecule has 20 heavy (non-hydrogen) atoms. The van der Waals surface area contributed by atoms with Gasteiger partial charge in [0.1, 0.15) is 6.33 Å². The lowest BCUT2D eigenvalue weighted by Crippen LogP contribution is -2.26. The van der Waals surface area contributed by atoms with Crippen LogP contribution in [-0.2, 0) is 16.6 Å². The van der Waals surface area contributed by atoms with Gasteiger partial charge in [0.25, 0.3) is 0 Å². The molecule has 2 rings (SSSR count). The molecule has 0 aliphatic carbocycles. The van der Waals surface area contributed by atoms with E-state index in [1.807, 2.05) is 37.3 Å². The van der Waals surface area contributed by atoms with Crippen LogP contribution >= 0.6 is 0 Å². The molecule has 0 bridgehead atoms. The number of sulfonamides is 1. The van der Waals surface area contributed by atoms with Crippen LogP contribution in [0.2, 0.25) is 0 Å². The predicted octanol–water partition coefficient (Wildman–Crippen LogP) is 1.97. The zero-order chi connectivity index (χ0) is 14.4. The second-order valence-electron chi connectivity index (χ2n) is 4.40. The van der Waals surface area contributed by atoms with Crippen LogP contribution in [0.1, 0.15) is 19.0 Å². The smallest absolute Gasteiger partial charge is 0.211 e. The number of hydrogen-bond donors (Lipinski definition) is 1. The minimum Gasteiger partial charge on any atom is -0.240 e. The van der Waals surface area contributed by atoms with E-state index in [0.29, 0.717) is 12.1 Å². The standard InChI is InChI=1S/C14H17N3O2S/c1-2-8-20(18,19)17-10-13-9-14(16-11-15-13)12-6-4-3-5-7-12/h3-7,9,11,17H,2,8,10H2,1H3. The van der Waals surface area contributed by atoms with E-state index in [9.17, 15) is 8.42 Å². The first-order valence-corrected chi connectivity index (χ1v) is 8.09. The van der Waals surface area contributed by atoms with Crippen LogP contribution in [0, 0.1) is 0 Å². The molecule has 0 saturated heterocycles. The van der Waals surface area contributed by atoms with Crippen molar-refractivity contribution < 1.29 is 8.42 Å². The first-order valence-electron chi connectivity index (χ1n) is 6.44. The van der Waals surface area contributed by atoms with Crippen molar-refractivity contribution in [3.63, 3.8) is 0 Å². The molecule has 0 unspecified atom stereocenters. The van der Waals surface area contributed by atoms with Crippen LogP contribution in [0.25, 0.3) is 11.3 Å². The van der Waals surface area contributed by atoms with Crippen LogP contribution in [0.15, 0.2) is 42.7 Å². The third-order valence-corrected chi connectivity index (χ3v) is 4.27. The van der Waals surface area contributed by atoms with Gasteiger partial charge in [-0.05, 0) is 12.5 Å². The molecular formula is C14H17N3O2S. The molecule has 0 atom stereocenters. The summed E-state index contributed by atoms with van der Waals surface area (Å²) in [5.74, 6) is 0.129. The zero-order valence-electron chi connectivity index (χ0n) is 11.3. The molecule has 1 aromatic carbocycles. The lowest BCUT2D eigenvalue weighted by molar-refractivity contribution is 0.579. The number of hydrogen-bond acceptors (Lipinski definition) is 4. The maximum Gasteiger partial charge on any atom is 0.211 e. The summed E-state index contributed by atoms with van der Waals surface area (Å²) < 4.78 is 25.7. The van der Waals surface area contributed by atoms with Crippen LogP contribution in [0.4, 0.5) is 0 Å². The molecule has 5 nitrogen and oxygen atoms in total. The van der Waals surface area contributed by atoms with E-state index in [4.69, 9.17) is 0 Å². The fourth-order valence-corrected chi connectivity index (χ4v) is 2.84. The highest BCUT2D eigenvalue weighted by atomic mass is 32.2. The van der Waals surface area contributed by atoms with Gasteiger partial charge < -0.3 is 0 Å². The SMILES string of the molecule is CCCS(=O)(=O)NCc1cc(-c2ccccc2)ncn1. The Morgan fingerprint density at radius 2 is 1.90 bits per heavy atom. The number of rotatable bonds is 6. The Labute approximate surface area is 119 Å². The van der Waals surface area contributed by atoms with Crippen molar-refractivity contribution in [2.45, 2.75) is 19.9 Å². The van der Waals surface area contributed by atoms with E-state index in [2.05, 4.69) is 14.7 Å². The molecule has 0 aliphatic heterocycles. The van der Waals surface area contributed by atoms with Gasteiger partial charge in [0.15, 0.2) is 0 Å². The molecule has 0 aliphatic rings. The summed E-state index contributed by atoms with van der Waals surface area (Å²) in [6.07, 6.45) is 2.04. The zero-order valence-corrected chi connectivity index (χ0v) is 12.1. The van der Waals surface area contributed by atoms with Crippen LogP contribution in [-0.4, -0.2) is 24.1 Å². The minimum atomic E-state index is -3.22. The molecule has 0 amide bonds. The minimum absolute atomic E-state index is 0.129. The maximum atomic E-state index is 11.6. The van der Waals surface area contributed by atoms with E-state index < -0.39 is 10.0 Å². The summed E-state index contributed by atoms with van der Waals surface area (Å²) in [5, 5.41) is 0. The average Bonchev–Trinajstić information content (AvgIpc) is 2.47. The largest absolute Gasteiger partial charge is 0.240 e. The van der Waals surface area contributed by atoms with Gasteiger partial charge in [0.2, 0.25) is 10.0 Å². The van der Waals surface area contributed by atoms with Gasteiger partial charge in [0, 0.05) is 5.56 Å². The van der Waals surface area contributed by atoms with Gasteiger partial charge in [-0.3, -0.25) is 0 Å². The van der Waals surface area contributed by atoms with E-state index in [0.717, 1.165) is 11.3 Å². The Balaban J connectivity index is 2.11. The quantitative estimate of drug-likeness (QED) is 0.883. The second kappa shape index (κ2) is 6.58. The van der Waals surface area contributed by atoms with Gasteiger partial charge in [0.05, 0.1) is 23.7 Å². The Morgan fingerprint density at radius 1 is 1.15 bits per heavy atom. The highest BCUT2D eigenvalue weighted by Crippen LogP contribution is 2.16. The molecule has 0 spiro atoms. The topological polar surface area (TPSA) is 72.0 Å². The van der Waals surface area contributed by atoms with Crippen molar-refractivity contribution in [2.24, 2.45) is 0 Å². The van der Waals surface area contributed by atoms with E-state index in [1.165, 1.54) is 6.33 Å². The van der Waals surface area contributed by atoms with Gasteiger partial charge in [-0.1, -0.05) is 37.3 Å². The molecule has 1 aromatic heterocycles. The van der Waals surface area contributed by atoms with Crippen molar-refractivity contribution >= 4 is 10.0 Å². The maximum absolute atomic E-state index is 11.6. The number of nitrogens with zero attached hydrogens (tertiary/aromatic N) is 2. The lowest BCUT2D eigenvalue weighted by Gasteiger charge is -2.06. The molecule has 0 fully saturated rings. The molecule has 1 heterocycles. The average molecular weight is 291 g/mol. The van der Waals surface area contributed by atoms with Crippen LogP contribution in [0.3, 0.4) is 0 Å². The molecular weight excluding hydrogens is 274 g/mol. The van der Waals surface area contributed by atoms with Gasteiger partial charge in [-0.2, -0.15) is 0 Å². The molecule has 106 valence electrons. The first kappa shape index (κ1) is 14.6. The molecule has 1 N–H and O–H groups in total. The fourth-order valence-electron chi connectivity index (χ4n) is 1.79. The van der Waals surface area contributed by atoms with Crippen LogP contribution in [0.5, 0.6) is 0 Å². The fraction of sp³-hybridized carbons (Fsp3) is 0.286. The Kier molecular flexibility index (Phi) is 4.81. The first-order chi connectivity index (χ1) is 9.61. The lowest BCUT2D eigenvalue weighted by atomic mass is 10.1. The highest BCUT2D eigenvalue weighted by Gasteiger charge is 2.09. The summed E-state index contributed by atoms with van der Waals surface area (Å²) in [6.45, 7) is 2.02. The Morgan fingerprint density at radius 3 is 2.60 bits per heavy atom. The normalized spacial score (nSPS) is 11.4. The summed E-state index contributed by atoms with van der Waals surface area (Å²) in [6, 6.07) is 11.5. The van der Waals surface area contributed by atoms with Gasteiger partial charge in [-0.25, -0.2) is 23.1 Å². The number of benzene rings is 1. The third-order valence-electron chi connectivity index (χ3n) is 2.74. The third kappa shape index (κ3) is 4.11. The van der Waals surface area contributed by atoms with Gasteiger partial charge in [-0.15, -0.1) is 0 Å². The highest BCUT2D eigenvalue weighted by molar-refractivity contribution is 7.89. The van der Waals surface area contributed by atoms with Crippen molar-refractivity contribution in [2.75, 3.05) is 5.75 Å². The number of aromatic nitrogens is 2. The van der Waals surface area contributed by atoms with Gasteiger partial charge >= 0.3 is 0 Å². The summed E-state index contributed by atoms with van der Waals surface area (Å²) in [4.78, 5) is 8.29. The second-order valence-corrected chi connectivity index (χ2v) is 6.33. The summed E-state index contributed by atoms with van der Waals surface area (Å²) in [5.41, 5.74) is 2.41. The Bertz CT molecular complexity index is 657. The van der Waals surface area contributed by atoms with Crippen molar-refractivity contribution in [3.8, 4) is 11.3 Å².